The van der Waals surface area contributed by atoms with E-state index in [0.717, 1.165) is 16.6 Å². The van der Waals surface area contributed by atoms with Crippen LogP contribution in [0.4, 0.5) is 5.13 Å². The van der Waals surface area contributed by atoms with E-state index >= 15 is 0 Å². The van der Waals surface area contributed by atoms with Gasteiger partial charge >= 0.3 is 10.2 Å². The molecular weight excluding hydrogens is 326 g/mol. The van der Waals surface area contributed by atoms with Crippen molar-refractivity contribution in [1.29, 1.82) is 0 Å². The molecule has 2 rings (SSSR count). The van der Waals surface area contributed by atoms with Crippen LogP contribution >= 0.6 is 27.3 Å². The van der Waals surface area contributed by atoms with E-state index in [1.54, 1.807) is 6.20 Å². The maximum Gasteiger partial charge on any atom is 0.303 e. The Morgan fingerprint density at radius 2 is 2.41 bits per heavy atom. The minimum absolute atomic E-state index is 0.398. The van der Waals surface area contributed by atoms with Crippen LogP contribution in [0.25, 0.3) is 0 Å². The summed E-state index contributed by atoms with van der Waals surface area (Å²) in [5.41, 5.74) is 0. The average Bonchev–Trinajstić information content (AvgIpc) is 2.63. The van der Waals surface area contributed by atoms with Gasteiger partial charge in [0.1, 0.15) is 0 Å². The van der Waals surface area contributed by atoms with Crippen LogP contribution in [0.2, 0.25) is 0 Å². The molecule has 1 aliphatic heterocycles. The predicted molar refractivity (Wildman–Crippen MR) is 72.3 cm³/mol. The topological polar surface area (TPSA) is 62.3 Å². The number of aromatic nitrogens is 1. The van der Waals surface area contributed by atoms with Crippen molar-refractivity contribution < 1.29 is 8.42 Å². The lowest BCUT2D eigenvalue weighted by atomic mass is 10.0. The highest BCUT2D eigenvalue weighted by molar-refractivity contribution is 9.11. The molecule has 8 heteroatoms. The second-order valence-corrected chi connectivity index (χ2v) is 8.26. The fourth-order valence-corrected chi connectivity index (χ4v) is 4.50. The fraction of sp³-hybridized carbons (Fsp3) is 0.667. The van der Waals surface area contributed by atoms with Crippen molar-refractivity contribution in [2.75, 3.05) is 17.8 Å². The summed E-state index contributed by atoms with van der Waals surface area (Å²) >= 11 is 4.52. The van der Waals surface area contributed by atoms with Crippen LogP contribution in [-0.2, 0) is 10.2 Å². The van der Waals surface area contributed by atoms with E-state index < -0.39 is 10.2 Å². The third-order valence-corrected chi connectivity index (χ3v) is 5.64. The van der Waals surface area contributed by atoms with Crippen LogP contribution in [0.3, 0.4) is 0 Å². The maximum atomic E-state index is 12.1. The van der Waals surface area contributed by atoms with Crippen molar-refractivity contribution in [3.63, 3.8) is 0 Å². The first-order valence-corrected chi connectivity index (χ1v) is 8.41. The zero-order valence-corrected chi connectivity index (χ0v) is 12.6. The highest BCUT2D eigenvalue weighted by Gasteiger charge is 2.27. The van der Waals surface area contributed by atoms with Gasteiger partial charge in [-0.15, -0.1) is 0 Å². The van der Waals surface area contributed by atoms with Crippen LogP contribution < -0.4 is 4.72 Å². The molecule has 0 bridgehead atoms. The molecular formula is C9H14BrN3O2S2. The maximum absolute atomic E-state index is 12.1. The summed E-state index contributed by atoms with van der Waals surface area (Å²) in [6.07, 6.45) is 3.60. The monoisotopic (exact) mass is 339 g/mol. The molecule has 1 saturated heterocycles. The normalized spacial score (nSPS) is 22.6. The Morgan fingerprint density at radius 1 is 1.65 bits per heavy atom. The second-order valence-electron chi connectivity index (χ2n) is 4.18. The van der Waals surface area contributed by atoms with Crippen LogP contribution in [0.1, 0.15) is 19.8 Å². The van der Waals surface area contributed by atoms with Crippen molar-refractivity contribution in [3.05, 3.63) is 9.98 Å². The predicted octanol–water partition coefficient (Wildman–Crippen LogP) is 2.29. The molecule has 1 fully saturated rings. The molecule has 0 amide bonds. The first-order chi connectivity index (χ1) is 7.97. The molecule has 1 aliphatic rings. The van der Waals surface area contributed by atoms with Crippen molar-refractivity contribution in [1.82, 2.24) is 9.29 Å². The third kappa shape index (κ3) is 3.40. The minimum atomic E-state index is -3.45. The number of thiazole rings is 1. The van der Waals surface area contributed by atoms with Gasteiger partial charge in [-0.2, -0.15) is 12.7 Å². The van der Waals surface area contributed by atoms with Crippen molar-refractivity contribution in [2.45, 2.75) is 19.8 Å². The SMILES string of the molecule is CC1CCCN(S(=O)(=O)Nc2ncc(Br)s2)C1. The molecule has 1 unspecified atom stereocenters. The molecule has 5 nitrogen and oxygen atoms in total. The van der Waals surface area contributed by atoms with Crippen molar-refractivity contribution >= 4 is 42.6 Å². The highest BCUT2D eigenvalue weighted by Crippen LogP contribution is 2.25. The lowest BCUT2D eigenvalue weighted by Gasteiger charge is -2.29. The van der Waals surface area contributed by atoms with E-state index in [1.165, 1.54) is 15.6 Å². The Balaban J connectivity index is 2.08. The summed E-state index contributed by atoms with van der Waals surface area (Å²) in [5, 5.41) is 0.398. The number of nitrogens with one attached hydrogen (secondary N) is 1. The summed E-state index contributed by atoms with van der Waals surface area (Å²) in [6.45, 7) is 3.25. The van der Waals surface area contributed by atoms with E-state index in [-0.39, 0.29) is 0 Å². The van der Waals surface area contributed by atoms with E-state index in [4.69, 9.17) is 0 Å². The highest BCUT2D eigenvalue weighted by atomic mass is 79.9. The molecule has 2 heterocycles. The van der Waals surface area contributed by atoms with Gasteiger partial charge in [0.2, 0.25) is 0 Å². The lowest BCUT2D eigenvalue weighted by molar-refractivity contribution is 0.282. The van der Waals surface area contributed by atoms with Gasteiger partial charge in [-0.3, -0.25) is 0 Å². The number of anilines is 1. The Kier molecular flexibility index (Phi) is 4.06. The summed E-state index contributed by atoms with van der Waals surface area (Å²) in [6, 6.07) is 0. The van der Waals surface area contributed by atoms with Gasteiger partial charge in [-0.05, 0) is 34.7 Å². The van der Waals surface area contributed by atoms with Gasteiger partial charge in [-0.1, -0.05) is 18.3 Å². The molecule has 1 aromatic rings. The Morgan fingerprint density at radius 3 is 3.00 bits per heavy atom. The fourth-order valence-electron chi connectivity index (χ4n) is 1.84. The molecule has 17 heavy (non-hydrogen) atoms. The van der Waals surface area contributed by atoms with E-state index in [9.17, 15) is 8.42 Å². The molecule has 0 spiro atoms. The average molecular weight is 340 g/mol. The van der Waals surface area contributed by atoms with Gasteiger partial charge in [0.15, 0.2) is 5.13 Å². The molecule has 0 saturated carbocycles. The van der Waals surface area contributed by atoms with E-state index in [1.807, 2.05) is 0 Å². The number of nitrogens with zero attached hydrogens (tertiary/aromatic N) is 2. The summed E-state index contributed by atoms with van der Waals surface area (Å²) in [5.74, 6) is 0.420. The lowest BCUT2D eigenvalue weighted by Crippen LogP contribution is -2.42. The van der Waals surface area contributed by atoms with Gasteiger partial charge in [0.25, 0.3) is 0 Å². The van der Waals surface area contributed by atoms with E-state index in [0.29, 0.717) is 24.1 Å². The summed E-state index contributed by atoms with van der Waals surface area (Å²) in [4.78, 5) is 3.97. The minimum Gasteiger partial charge on any atom is -0.246 e. The van der Waals surface area contributed by atoms with E-state index in [2.05, 4.69) is 32.6 Å². The molecule has 96 valence electrons. The first-order valence-electron chi connectivity index (χ1n) is 5.36. The quantitative estimate of drug-likeness (QED) is 0.918. The molecule has 1 aromatic heterocycles. The number of piperidine rings is 1. The van der Waals surface area contributed by atoms with Gasteiger partial charge < -0.3 is 0 Å². The van der Waals surface area contributed by atoms with Crippen LogP contribution in [0.15, 0.2) is 9.98 Å². The summed E-state index contributed by atoms with van der Waals surface area (Å²) < 4.78 is 29.0. The molecule has 1 N–H and O–H groups in total. The summed E-state index contributed by atoms with van der Waals surface area (Å²) in [7, 11) is -3.45. The van der Waals surface area contributed by atoms with Crippen LogP contribution in [-0.4, -0.2) is 30.8 Å². The molecule has 1 atom stereocenters. The van der Waals surface area contributed by atoms with Crippen LogP contribution in [0, 0.1) is 5.92 Å². The number of rotatable bonds is 3. The Bertz CT molecular complexity index is 488. The molecule has 0 aromatic carbocycles. The molecule has 0 radical (unpaired) electrons. The van der Waals surface area contributed by atoms with Gasteiger partial charge in [-0.25, -0.2) is 9.71 Å². The largest absolute Gasteiger partial charge is 0.303 e. The molecule has 0 aliphatic carbocycles. The number of halogens is 1. The second kappa shape index (κ2) is 5.21. The zero-order valence-electron chi connectivity index (χ0n) is 9.39. The smallest absolute Gasteiger partial charge is 0.246 e. The van der Waals surface area contributed by atoms with Gasteiger partial charge in [0, 0.05) is 13.1 Å². The van der Waals surface area contributed by atoms with Crippen molar-refractivity contribution in [2.24, 2.45) is 5.92 Å². The van der Waals surface area contributed by atoms with Gasteiger partial charge in [0.05, 0.1) is 9.98 Å². The third-order valence-electron chi connectivity index (χ3n) is 2.65. The van der Waals surface area contributed by atoms with Crippen LogP contribution in [0.5, 0.6) is 0 Å². The Hall–Kier alpha value is -0.180. The first kappa shape index (κ1) is 13.3. The number of hydrogen-bond acceptors (Lipinski definition) is 4. The standard InChI is InChI=1S/C9H14BrN3O2S2/c1-7-3-2-4-13(6-7)17(14,15)12-9-11-5-8(10)16-9/h5,7H,2-4,6H2,1H3,(H,11,12). The number of hydrogen-bond donors (Lipinski definition) is 1. The van der Waals surface area contributed by atoms with Crippen molar-refractivity contribution in [3.8, 4) is 0 Å². The Labute approximate surface area is 114 Å². The zero-order chi connectivity index (χ0) is 12.5.